The number of aryl methyl sites for hydroxylation is 1. The Kier molecular flexibility index (Phi) is 5.46. The van der Waals surface area contributed by atoms with Crippen molar-refractivity contribution in [1.82, 2.24) is 0 Å². The molecule has 1 saturated heterocycles. The van der Waals surface area contributed by atoms with Crippen LogP contribution in [0.1, 0.15) is 33.8 Å². The Morgan fingerprint density at radius 1 is 1.07 bits per heavy atom. The summed E-state index contributed by atoms with van der Waals surface area (Å²) in [5, 5.41) is 0.567. The maximum absolute atomic E-state index is 12.8. The zero-order valence-electron chi connectivity index (χ0n) is 16.5. The molecule has 3 aromatic rings. The van der Waals surface area contributed by atoms with Crippen molar-refractivity contribution in [2.24, 2.45) is 5.73 Å². The Hall–Kier alpha value is -3.31. The van der Waals surface area contributed by atoms with Gasteiger partial charge < -0.3 is 15.4 Å². The van der Waals surface area contributed by atoms with Crippen LogP contribution >= 0.6 is 11.6 Å². The van der Waals surface area contributed by atoms with E-state index in [9.17, 15) is 9.59 Å². The average Bonchev–Trinajstić information content (AvgIpc) is 3.11. The third-order valence-electron chi connectivity index (χ3n) is 5.30. The predicted octanol–water partition coefficient (Wildman–Crippen LogP) is 5.06. The standard InChI is InChI=1S/C24H21ClN2O3/c1-15-5-2-3-8-21(15)30-22-13-18(25)9-10-20(22)17-12-23(28)27(14-17)19-7-4-6-16(11-19)24(26)29/h2-11,13,17H,12,14H2,1H3,(H2,26,29)/t17-/m0/s1. The molecule has 0 bridgehead atoms. The molecular weight excluding hydrogens is 400 g/mol. The van der Waals surface area contributed by atoms with Gasteiger partial charge in [-0.25, -0.2) is 0 Å². The number of hydrogen-bond donors (Lipinski definition) is 1. The summed E-state index contributed by atoms with van der Waals surface area (Å²) in [7, 11) is 0. The van der Waals surface area contributed by atoms with Crippen LogP contribution < -0.4 is 15.4 Å². The highest BCUT2D eigenvalue weighted by atomic mass is 35.5. The SMILES string of the molecule is Cc1ccccc1Oc1cc(Cl)ccc1[C@H]1CC(=O)N(c2cccc(C(N)=O)c2)C1. The number of ether oxygens (including phenoxy) is 1. The maximum atomic E-state index is 12.8. The number of rotatable bonds is 5. The van der Waals surface area contributed by atoms with E-state index in [0.717, 1.165) is 16.9 Å². The van der Waals surface area contributed by atoms with Gasteiger partial charge >= 0.3 is 0 Å². The van der Waals surface area contributed by atoms with Crippen molar-refractivity contribution in [3.05, 3.63) is 88.4 Å². The fourth-order valence-corrected chi connectivity index (χ4v) is 3.88. The van der Waals surface area contributed by atoms with Crippen molar-refractivity contribution >= 4 is 29.1 Å². The number of nitrogens with zero attached hydrogens (tertiary/aromatic N) is 1. The van der Waals surface area contributed by atoms with Gasteiger partial charge in [-0.2, -0.15) is 0 Å². The lowest BCUT2D eigenvalue weighted by atomic mass is 9.97. The van der Waals surface area contributed by atoms with E-state index < -0.39 is 5.91 Å². The second-order valence-electron chi connectivity index (χ2n) is 7.37. The number of carbonyl (C=O) groups excluding carboxylic acids is 2. The van der Waals surface area contributed by atoms with Crippen molar-refractivity contribution in [3.8, 4) is 11.5 Å². The van der Waals surface area contributed by atoms with Crippen molar-refractivity contribution < 1.29 is 14.3 Å². The minimum Gasteiger partial charge on any atom is -0.457 e. The molecule has 3 aromatic carbocycles. The summed E-state index contributed by atoms with van der Waals surface area (Å²) >= 11 is 6.23. The highest BCUT2D eigenvalue weighted by Gasteiger charge is 2.33. The van der Waals surface area contributed by atoms with Gasteiger partial charge in [-0.15, -0.1) is 0 Å². The monoisotopic (exact) mass is 420 g/mol. The molecule has 1 heterocycles. The molecular formula is C24H21ClN2O3. The van der Waals surface area contributed by atoms with E-state index in [1.165, 1.54) is 0 Å². The molecule has 0 aliphatic carbocycles. The minimum atomic E-state index is -0.522. The summed E-state index contributed by atoms with van der Waals surface area (Å²) in [5.74, 6) is 0.787. The summed E-state index contributed by atoms with van der Waals surface area (Å²) in [6.07, 6.45) is 0.340. The highest BCUT2D eigenvalue weighted by Crippen LogP contribution is 2.39. The average molecular weight is 421 g/mol. The van der Waals surface area contributed by atoms with Crippen LogP contribution in [-0.2, 0) is 4.79 Å². The summed E-state index contributed by atoms with van der Waals surface area (Å²) in [5.41, 5.74) is 8.35. The first-order valence-electron chi connectivity index (χ1n) is 9.65. The number of amides is 2. The molecule has 2 amide bonds. The molecule has 0 spiro atoms. The maximum Gasteiger partial charge on any atom is 0.248 e. The number of nitrogens with two attached hydrogens (primary N) is 1. The molecule has 1 fully saturated rings. The van der Waals surface area contributed by atoms with E-state index in [-0.39, 0.29) is 11.8 Å². The van der Waals surface area contributed by atoms with E-state index in [1.54, 1.807) is 35.2 Å². The molecule has 30 heavy (non-hydrogen) atoms. The first-order chi connectivity index (χ1) is 14.4. The number of halogens is 1. The van der Waals surface area contributed by atoms with Gasteiger partial charge in [0.2, 0.25) is 11.8 Å². The van der Waals surface area contributed by atoms with Crippen LogP contribution in [0.25, 0.3) is 0 Å². The summed E-state index contributed by atoms with van der Waals surface area (Å²) in [6.45, 7) is 2.46. The number of benzene rings is 3. The lowest BCUT2D eigenvalue weighted by molar-refractivity contribution is -0.117. The molecule has 0 radical (unpaired) electrons. The van der Waals surface area contributed by atoms with E-state index >= 15 is 0 Å². The minimum absolute atomic E-state index is 0.0154. The first kappa shape index (κ1) is 20.0. The quantitative estimate of drug-likeness (QED) is 0.627. The zero-order valence-corrected chi connectivity index (χ0v) is 17.2. The fraction of sp³-hybridized carbons (Fsp3) is 0.167. The predicted molar refractivity (Wildman–Crippen MR) is 117 cm³/mol. The van der Waals surface area contributed by atoms with Gasteiger partial charge in [0.15, 0.2) is 0 Å². The molecule has 1 aliphatic heterocycles. The lowest BCUT2D eigenvalue weighted by Gasteiger charge is -2.19. The molecule has 0 aromatic heterocycles. The second kappa shape index (κ2) is 8.20. The number of para-hydroxylation sites is 1. The molecule has 6 heteroatoms. The lowest BCUT2D eigenvalue weighted by Crippen LogP contribution is -2.24. The molecule has 0 unspecified atom stereocenters. The number of hydrogen-bond acceptors (Lipinski definition) is 3. The molecule has 2 N–H and O–H groups in total. The van der Waals surface area contributed by atoms with Gasteiger partial charge in [0.05, 0.1) is 0 Å². The third-order valence-corrected chi connectivity index (χ3v) is 5.53. The van der Waals surface area contributed by atoms with Crippen molar-refractivity contribution in [1.29, 1.82) is 0 Å². The molecule has 152 valence electrons. The van der Waals surface area contributed by atoms with Crippen LogP contribution in [0.15, 0.2) is 66.7 Å². The van der Waals surface area contributed by atoms with Gasteiger partial charge in [-0.1, -0.05) is 41.9 Å². The van der Waals surface area contributed by atoms with Crippen molar-refractivity contribution in [3.63, 3.8) is 0 Å². The van der Waals surface area contributed by atoms with Gasteiger partial charge in [0.25, 0.3) is 0 Å². The van der Waals surface area contributed by atoms with Crippen molar-refractivity contribution in [2.45, 2.75) is 19.3 Å². The van der Waals surface area contributed by atoms with Crippen LogP contribution in [0.2, 0.25) is 5.02 Å². The summed E-state index contributed by atoms with van der Waals surface area (Å²) in [4.78, 5) is 26.0. The summed E-state index contributed by atoms with van der Waals surface area (Å²) in [6, 6.07) is 20.1. The van der Waals surface area contributed by atoms with Crippen LogP contribution in [0.4, 0.5) is 5.69 Å². The van der Waals surface area contributed by atoms with E-state index in [0.29, 0.717) is 35.0 Å². The first-order valence-corrected chi connectivity index (χ1v) is 10.0. The molecule has 4 rings (SSSR count). The Bertz CT molecular complexity index is 1130. The Labute approximate surface area is 180 Å². The Balaban J connectivity index is 1.64. The van der Waals surface area contributed by atoms with Crippen LogP contribution in [0.3, 0.4) is 0 Å². The molecule has 1 atom stereocenters. The zero-order chi connectivity index (χ0) is 21.3. The highest BCUT2D eigenvalue weighted by molar-refractivity contribution is 6.30. The second-order valence-corrected chi connectivity index (χ2v) is 7.81. The van der Waals surface area contributed by atoms with Crippen LogP contribution in [-0.4, -0.2) is 18.4 Å². The van der Waals surface area contributed by atoms with Crippen molar-refractivity contribution in [2.75, 3.05) is 11.4 Å². The molecule has 0 saturated carbocycles. The molecule has 5 nitrogen and oxygen atoms in total. The Morgan fingerprint density at radius 2 is 1.87 bits per heavy atom. The van der Waals surface area contributed by atoms with Gasteiger partial charge in [0, 0.05) is 40.7 Å². The van der Waals surface area contributed by atoms with E-state index in [4.69, 9.17) is 22.1 Å². The normalized spacial score (nSPS) is 16.0. The van der Waals surface area contributed by atoms with Crippen LogP contribution in [0, 0.1) is 6.92 Å². The Morgan fingerprint density at radius 3 is 2.63 bits per heavy atom. The third kappa shape index (κ3) is 4.02. The number of primary amides is 1. The van der Waals surface area contributed by atoms with E-state index in [2.05, 4.69) is 0 Å². The van der Waals surface area contributed by atoms with Gasteiger partial charge in [-0.05, 0) is 48.9 Å². The van der Waals surface area contributed by atoms with Gasteiger partial charge in [0.1, 0.15) is 11.5 Å². The number of anilines is 1. The van der Waals surface area contributed by atoms with E-state index in [1.807, 2.05) is 43.3 Å². The topological polar surface area (TPSA) is 72.6 Å². The number of carbonyl (C=O) groups is 2. The summed E-state index contributed by atoms with van der Waals surface area (Å²) < 4.78 is 6.18. The molecule has 1 aliphatic rings. The van der Waals surface area contributed by atoms with Gasteiger partial charge in [-0.3, -0.25) is 9.59 Å². The smallest absolute Gasteiger partial charge is 0.248 e. The largest absolute Gasteiger partial charge is 0.457 e. The fourth-order valence-electron chi connectivity index (χ4n) is 3.72. The van der Waals surface area contributed by atoms with Crippen LogP contribution in [0.5, 0.6) is 11.5 Å².